The standard InChI is InChI=1S/C21H28N2O2/c1-20-7-6-14(22)19-21(20)8-9-23(11-12-2-3-12)16(20)10-13-4-5-15(24)18(25-19)17(13)21/h4-5,12,14,16,19,24H,2-3,6-11,22H2,1H3/t14-,16-,19+,20+,21+/m1/s1. The van der Waals surface area contributed by atoms with Gasteiger partial charge in [-0.25, -0.2) is 0 Å². The molecule has 25 heavy (non-hydrogen) atoms. The number of phenolic OH excluding ortho intramolecular Hbond substituents is 1. The molecule has 1 spiro atoms. The molecular weight excluding hydrogens is 312 g/mol. The van der Waals surface area contributed by atoms with Crippen LogP contribution in [0.4, 0.5) is 0 Å². The van der Waals surface area contributed by atoms with Crippen molar-refractivity contribution in [3.63, 3.8) is 0 Å². The molecule has 2 bridgehead atoms. The number of nitrogens with zero attached hydrogens (tertiary/aromatic N) is 1. The van der Waals surface area contributed by atoms with E-state index in [1.54, 1.807) is 0 Å². The Morgan fingerprint density at radius 1 is 1.28 bits per heavy atom. The monoisotopic (exact) mass is 340 g/mol. The molecule has 0 unspecified atom stereocenters. The lowest BCUT2D eigenvalue weighted by Gasteiger charge is -2.65. The second-order valence-electron chi connectivity index (χ2n) is 9.49. The van der Waals surface area contributed by atoms with Gasteiger partial charge in [0.05, 0.1) is 0 Å². The SMILES string of the molecule is C[C@@]12CC[C@@H](N)[C@@H]3Oc4c(O)ccc5c4[C@@]31CCN(CC1CC1)[C@@H]2C5. The Bertz CT molecular complexity index is 761. The minimum Gasteiger partial charge on any atom is -0.504 e. The van der Waals surface area contributed by atoms with Crippen molar-refractivity contribution < 1.29 is 9.84 Å². The van der Waals surface area contributed by atoms with Crippen molar-refractivity contribution in [3.8, 4) is 11.5 Å². The first kappa shape index (κ1) is 14.9. The molecule has 0 radical (unpaired) electrons. The third-order valence-corrected chi connectivity index (χ3v) is 8.38. The molecule has 0 aromatic heterocycles. The fourth-order valence-corrected chi connectivity index (χ4v) is 6.97. The van der Waals surface area contributed by atoms with E-state index < -0.39 is 0 Å². The predicted octanol–water partition coefficient (Wildman–Crippen LogP) is 2.56. The van der Waals surface area contributed by atoms with Crippen LogP contribution in [0.5, 0.6) is 11.5 Å². The maximum atomic E-state index is 10.5. The van der Waals surface area contributed by atoms with Crippen LogP contribution in [0.25, 0.3) is 0 Å². The molecule has 6 rings (SSSR count). The zero-order chi connectivity index (χ0) is 17.0. The van der Waals surface area contributed by atoms with Crippen molar-refractivity contribution in [3.05, 3.63) is 23.3 Å². The van der Waals surface area contributed by atoms with Gasteiger partial charge in [0.1, 0.15) is 6.10 Å². The van der Waals surface area contributed by atoms with Crippen LogP contribution in [0.1, 0.15) is 50.2 Å². The van der Waals surface area contributed by atoms with Crippen molar-refractivity contribution in [1.29, 1.82) is 0 Å². The number of rotatable bonds is 2. The first-order valence-electron chi connectivity index (χ1n) is 10.1. The van der Waals surface area contributed by atoms with Gasteiger partial charge in [-0.1, -0.05) is 13.0 Å². The number of aromatic hydroxyl groups is 1. The Labute approximate surface area is 149 Å². The molecule has 5 aliphatic rings. The molecule has 2 heterocycles. The highest BCUT2D eigenvalue weighted by molar-refractivity contribution is 5.61. The molecule has 3 aliphatic carbocycles. The van der Waals surface area contributed by atoms with E-state index in [1.807, 2.05) is 6.07 Å². The second-order valence-corrected chi connectivity index (χ2v) is 9.49. The van der Waals surface area contributed by atoms with Gasteiger partial charge in [-0.05, 0) is 68.0 Å². The number of hydrogen-bond donors (Lipinski definition) is 2. The van der Waals surface area contributed by atoms with E-state index in [0.29, 0.717) is 11.8 Å². The van der Waals surface area contributed by atoms with E-state index in [4.69, 9.17) is 10.5 Å². The minimum absolute atomic E-state index is 0.00294. The normalized spacial score (nSPS) is 44.3. The molecule has 1 saturated heterocycles. The van der Waals surface area contributed by atoms with Crippen LogP contribution in [0.15, 0.2) is 12.1 Å². The third-order valence-electron chi connectivity index (χ3n) is 8.38. The maximum Gasteiger partial charge on any atom is 0.165 e. The number of phenols is 1. The van der Waals surface area contributed by atoms with Crippen LogP contribution in [0.2, 0.25) is 0 Å². The number of hydrogen-bond acceptors (Lipinski definition) is 4. The number of benzene rings is 1. The van der Waals surface area contributed by atoms with Crippen LogP contribution in [0, 0.1) is 11.3 Å². The zero-order valence-electron chi connectivity index (χ0n) is 15.0. The first-order valence-corrected chi connectivity index (χ1v) is 10.1. The molecule has 2 saturated carbocycles. The van der Waals surface area contributed by atoms with Crippen molar-refractivity contribution >= 4 is 0 Å². The topological polar surface area (TPSA) is 58.7 Å². The van der Waals surface area contributed by atoms with E-state index >= 15 is 0 Å². The van der Waals surface area contributed by atoms with Gasteiger partial charge >= 0.3 is 0 Å². The van der Waals surface area contributed by atoms with Crippen molar-refractivity contribution in [2.24, 2.45) is 17.1 Å². The summed E-state index contributed by atoms with van der Waals surface area (Å²) >= 11 is 0. The van der Waals surface area contributed by atoms with Gasteiger partial charge in [-0.2, -0.15) is 0 Å². The van der Waals surface area contributed by atoms with Gasteiger partial charge in [0.15, 0.2) is 11.5 Å². The van der Waals surface area contributed by atoms with Gasteiger partial charge in [0, 0.05) is 29.6 Å². The molecular formula is C21H28N2O2. The van der Waals surface area contributed by atoms with Crippen molar-refractivity contribution in [1.82, 2.24) is 4.90 Å². The Morgan fingerprint density at radius 3 is 2.92 bits per heavy atom. The average molecular weight is 340 g/mol. The summed E-state index contributed by atoms with van der Waals surface area (Å²) in [5.74, 6) is 1.98. The lowest BCUT2D eigenvalue weighted by atomic mass is 9.43. The van der Waals surface area contributed by atoms with Gasteiger partial charge < -0.3 is 15.6 Å². The molecule has 4 heteroatoms. The molecule has 1 aromatic rings. The summed E-state index contributed by atoms with van der Waals surface area (Å²) in [5.41, 5.74) is 9.49. The van der Waals surface area contributed by atoms with E-state index in [2.05, 4.69) is 17.9 Å². The van der Waals surface area contributed by atoms with Gasteiger partial charge in [-0.3, -0.25) is 4.90 Å². The zero-order valence-corrected chi connectivity index (χ0v) is 15.0. The molecule has 5 atom stereocenters. The Kier molecular flexibility index (Phi) is 2.69. The van der Waals surface area contributed by atoms with Gasteiger partial charge in [0.2, 0.25) is 0 Å². The molecule has 2 aliphatic heterocycles. The maximum absolute atomic E-state index is 10.5. The number of ether oxygens (including phenoxy) is 1. The summed E-state index contributed by atoms with van der Waals surface area (Å²) in [4.78, 5) is 2.80. The quantitative estimate of drug-likeness (QED) is 0.869. The minimum atomic E-state index is -0.00294. The van der Waals surface area contributed by atoms with E-state index in [9.17, 15) is 5.11 Å². The highest BCUT2D eigenvalue weighted by Crippen LogP contribution is 2.68. The summed E-state index contributed by atoms with van der Waals surface area (Å²) in [6.07, 6.45) is 7.27. The van der Waals surface area contributed by atoms with Crippen LogP contribution in [0.3, 0.4) is 0 Å². The molecule has 3 fully saturated rings. The van der Waals surface area contributed by atoms with Crippen molar-refractivity contribution in [2.75, 3.05) is 13.1 Å². The molecule has 0 amide bonds. The number of piperidine rings is 1. The largest absolute Gasteiger partial charge is 0.504 e. The van der Waals surface area contributed by atoms with Crippen LogP contribution in [-0.2, 0) is 11.8 Å². The summed E-state index contributed by atoms with van der Waals surface area (Å²) in [6.45, 7) is 4.92. The highest BCUT2D eigenvalue weighted by atomic mass is 16.5. The highest BCUT2D eigenvalue weighted by Gasteiger charge is 2.70. The number of likely N-dealkylation sites (tertiary alicyclic amines) is 1. The first-order chi connectivity index (χ1) is 12.0. The summed E-state index contributed by atoms with van der Waals surface area (Å²) in [6, 6.07) is 4.64. The Morgan fingerprint density at radius 2 is 2.12 bits per heavy atom. The summed E-state index contributed by atoms with van der Waals surface area (Å²) in [5, 5.41) is 10.5. The predicted molar refractivity (Wildman–Crippen MR) is 95.9 cm³/mol. The summed E-state index contributed by atoms with van der Waals surface area (Å²) in [7, 11) is 0. The Hall–Kier alpha value is -1.26. The van der Waals surface area contributed by atoms with E-state index in [-0.39, 0.29) is 23.0 Å². The third kappa shape index (κ3) is 1.62. The fraction of sp³-hybridized carbons (Fsp3) is 0.714. The number of nitrogens with two attached hydrogens (primary N) is 1. The van der Waals surface area contributed by atoms with Gasteiger partial charge in [0.25, 0.3) is 0 Å². The Balaban J connectivity index is 1.57. The van der Waals surface area contributed by atoms with Gasteiger partial charge in [-0.15, -0.1) is 0 Å². The van der Waals surface area contributed by atoms with Crippen molar-refractivity contribution in [2.45, 2.75) is 69.1 Å². The fourth-order valence-electron chi connectivity index (χ4n) is 6.97. The van der Waals surface area contributed by atoms with Crippen LogP contribution < -0.4 is 10.5 Å². The molecule has 134 valence electrons. The lowest BCUT2D eigenvalue weighted by Crippen LogP contribution is -2.73. The molecule has 4 nitrogen and oxygen atoms in total. The average Bonchev–Trinajstić information content (AvgIpc) is 3.32. The smallest absolute Gasteiger partial charge is 0.165 e. The summed E-state index contributed by atoms with van der Waals surface area (Å²) < 4.78 is 6.42. The van der Waals surface area contributed by atoms with E-state index in [0.717, 1.165) is 37.5 Å². The molecule has 1 aromatic carbocycles. The van der Waals surface area contributed by atoms with Crippen LogP contribution >= 0.6 is 0 Å². The lowest BCUT2D eigenvalue weighted by molar-refractivity contribution is -0.121. The molecule has 3 N–H and O–H groups in total. The van der Waals surface area contributed by atoms with Crippen LogP contribution in [-0.4, -0.2) is 41.3 Å². The van der Waals surface area contributed by atoms with E-state index in [1.165, 1.54) is 36.9 Å². The second kappa shape index (κ2) is 4.52.